The largest absolute Gasteiger partial charge is 0.462 e. The predicted molar refractivity (Wildman–Crippen MR) is 97.2 cm³/mol. The summed E-state index contributed by atoms with van der Waals surface area (Å²) in [4.78, 5) is 41.0. The highest BCUT2D eigenvalue weighted by atomic mass is 32.1. The van der Waals surface area contributed by atoms with Gasteiger partial charge in [-0.3, -0.25) is 4.79 Å². The Bertz CT molecular complexity index is 785. The first kappa shape index (κ1) is 20.0. The number of nitrogens with zero attached hydrogens (tertiary/aromatic N) is 1. The number of esters is 2. The second-order valence-corrected chi connectivity index (χ2v) is 6.68. The molecule has 1 amide bonds. The number of methoxy groups -OCH3 is 1. The number of carbonyl (C=O) groups is 3. The molecule has 26 heavy (non-hydrogen) atoms. The number of rotatable bonds is 8. The molecular weight excluding hydrogens is 380 g/mol. The van der Waals surface area contributed by atoms with E-state index in [4.69, 9.17) is 14.2 Å². The second-order valence-electron chi connectivity index (χ2n) is 4.94. The Labute approximate surface area is 158 Å². The van der Waals surface area contributed by atoms with Crippen LogP contribution in [-0.4, -0.2) is 49.8 Å². The molecule has 0 aliphatic carbocycles. The molecule has 2 aromatic heterocycles. The minimum atomic E-state index is -0.620. The molecule has 2 aromatic rings. The van der Waals surface area contributed by atoms with Crippen LogP contribution in [0.4, 0.5) is 5.00 Å². The van der Waals surface area contributed by atoms with Crippen LogP contribution in [0, 0.1) is 6.92 Å². The number of hydrogen-bond donors (Lipinski definition) is 1. The quantitative estimate of drug-likeness (QED) is 0.538. The first-order chi connectivity index (χ1) is 12.5. The van der Waals surface area contributed by atoms with Gasteiger partial charge in [-0.2, -0.15) is 0 Å². The van der Waals surface area contributed by atoms with Crippen LogP contribution >= 0.6 is 22.7 Å². The average Bonchev–Trinajstić information content (AvgIpc) is 3.23. The van der Waals surface area contributed by atoms with Crippen molar-refractivity contribution < 1.29 is 28.6 Å². The Hall–Kier alpha value is -2.30. The molecule has 2 rings (SSSR count). The summed E-state index contributed by atoms with van der Waals surface area (Å²) in [5, 5.41) is 4.43. The number of thiophene rings is 1. The molecule has 10 heteroatoms. The van der Waals surface area contributed by atoms with Crippen molar-refractivity contribution in [1.82, 2.24) is 4.98 Å². The van der Waals surface area contributed by atoms with E-state index in [1.807, 2.05) is 0 Å². The molecule has 140 valence electrons. The number of carbonyl (C=O) groups excluding carboxylic acids is 3. The van der Waals surface area contributed by atoms with Crippen LogP contribution in [0.5, 0.6) is 0 Å². The summed E-state index contributed by atoms with van der Waals surface area (Å²) in [5.41, 5.74) is 2.28. The fraction of sp³-hybridized carbons (Fsp3) is 0.375. The monoisotopic (exact) mass is 398 g/mol. The van der Waals surface area contributed by atoms with Gasteiger partial charge in [-0.25, -0.2) is 14.6 Å². The lowest BCUT2D eigenvalue weighted by atomic mass is 10.1. The smallest absolute Gasteiger partial charge is 0.348 e. The molecule has 0 saturated heterocycles. The van der Waals surface area contributed by atoms with Gasteiger partial charge < -0.3 is 19.5 Å². The molecule has 8 nitrogen and oxygen atoms in total. The minimum absolute atomic E-state index is 0.0852. The summed E-state index contributed by atoms with van der Waals surface area (Å²) in [6.45, 7) is 3.79. The van der Waals surface area contributed by atoms with Gasteiger partial charge >= 0.3 is 11.9 Å². The zero-order valence-electron chi connectivity index (χ0n) is 14.5. The Morgan fingerprint density at radius 2 is 1.96 bits per heavy atom. The predicted octanol–water partition coefficient (Wildman–Crippen LogP) is 2.75. The summed E-state index contributed by atoms with van der Waals surface area (Å²) in [5.74, 6) is -1.69. The van der Waals surface area contributed by atoms with Crippen LogP contribution in [0.1, 0.15) is 43.0 Å². The molecular formula is C16H18N2O6S2. The summed E-state index contributed by atoms with van der Waals surface area (Å²) < 4.78 is 15.0. The Kier molecular flexibility index (Phi) is 7.25. The van der Waals surface area contributed by atoms with Gasteiger partial charge in [0.1, 0.15) is 22.2 Å². The van der Waals surface area contributed by atoms with E-state index in [1.165, 1.54) is 24.0 Å². The minimum Gasteiger partial charge on any atom is -0.462 e. The Morgan fingerprint density at radius 3 is 2.58 bits per heavy atom. The summed E-state index contributed by atoms with van der Waals surface area (Å²) in [6, 6.07) is 0. The number of nitrogens with one attached hydrogen (secondary N) is 1. The van der Waals surface area contributed by atoms with Gasteiger partial charge in [0.15, 0.2) is 0 Å². The number of amides is 1. The fourth-order valence-electron chi connectivity index (χ4n) is 2.02. The number of hydrogen-bond acceptors (Lipinski definition) is 9. The van der Waals surface area contributed by atoms with E-state index in [0.29, 0.717) is 5.56 Å². The summed E-state index contributed by atoms with van der Waals surface area (Å²) >= 11 is 2.23. The zero-order valence-corrected chi connectivity index (χ0v) is 16.1. The topological polar surface area (TPSA) is 104 Å². The maximum atomic E-state index is 12.3. The Balaban J connectivity index is 2.32. The van der Waals surface area contributed by atoms with Crippen molar-refractivity contribution in [2.75, 3.05) is 32.2 Å². The van der Waals surface area contributed by atoms with E-state index in [1.54, 1.807) is 19.2 Å². The lowest BCUT2D eigenvalue weighted by Crippen LogP contribution is -2.15. The molecule has 0 saturated carbocycles. The van der Waals surface area contributed by atoms with Crippen molar-refractivity contribution in [3.63, 3.8) is 0 Å². The number of ether oxygens (including phenoxy) is 3. The van der Waals surface area contributed by atoms with Crippen LogP contribution in [-0.2, 0) is 14.2 Å². The molecule has 0 unspecified atom stereocenters. The normalized spacial score (nSPS) is 10.4. The lowest BCUT2D eigenvalue weighted by molar-refractivity contribution is 0.0392. The third-order valence-electron chi connectivity index (χ3n) is 3.22. The first-order valence-corrected chi connectivity index (χ1v) is 9.41. The second kappa shape index (κ2) is 9.41. The van der Waals surface area contributed by atoms with Crippen molar-refractivity contribution in [2.24, 2.45) is 0 Å². The molecule has 0 spiro atoms. The molecule has 0 aliphatic rings. The van der Waals surface area contributed by atoms with Crippen molar-refractivity contribution in [2.45, 2.75) is 13.8 Å². The highest BCUT2D eigenvalue weighted by Gasteiger charge is 2.27. The van der Waals surface area contributed by atoms with Gasteiger partial charge in [0.25, 0.3) is 5.91 Å². The van der Waals surface area contributed by atoms with Crippen LogP contribution in [0.15, 0.2) is 10.9 Å². The first-order valence-electron chi connectivity index (χ1n) is 7.65. The lowest BCUT2D eigenvalue weighted by Gasteiger charge is -2.06. The van der Waals surface area contributed by atoms with E-state index < -0.39 is 17.8 Å². The molecule has 1 N–H and O–H groups in total. The SMILES string of the molecule is CCOC(=O)c1c(NC(=O)c2cscn2)sc(C(=O)OCCOC)c1C. The average molecular weight is 398 g/mol. The highest BCUT2D eigenvalue weighted by Crippen LogP contribution is 2.34. The van der Waals surface area contributed by atoms with E-state index in [2.05, 4.69) is 10.3 Å². The van der Waals surface area contributed by atoms with Crippen LogP contribution in [0.3, 0.4) is 0 Å². The third-order valence-corrected chi connectivity index (χ3v) is 5.00. The number of thiazole rings is 1. The molecule has 0 fully saturated rings. The Morgan fingerprint density at radius 1 is 1.19 bits per heavy atom. The molecule has 0 atom stereocenters. The molecule has 0 radical (unpaired) electrons. The molecule has 0 bridgehead atoms. The van der Waals surface area contributed by atoms with Crippen molar-refractivity contribution in [3.8, 4) is 0 Å². The standard InChI is InChI=1S/C16H18N2O6S2/c1-4-23-15(20)11-9(2)12(16(21)24-6-5-22-3)26-14(11)18-13(19)10-7-25-8-17-10/h7-8H,4-6H2,1-3H3,(H,18,19). The zero-order chi connectivity index (χ0) is 19.1. The van der Waals surface area contributed by atoms with Gasteiger partial charge in [-0.1, -0.05) is 0 Å². The van der Waals surface area contributed by atoms with Crippen LogP contribution in [0.2, 0.25) is 0 Å². The van der Waals surface area contributed by atoms with Crippen LogP contribution in [0.25, 0.3) is 0 Å². The molecule has 0 aromatic carbocycles. The molecule has 2 heterocycles. The maximum Gasteiger partial charge on any atom is 0.348 e. The van der Waals surface area contributed by atoms with Gasteiger partial charge in [-0.15, -0.1) is 22.7 Å². The van der Waals surface area contributed by atoms with E-state index >= 15 is 0 Å². The van der Waals surface area contributed by atoms with E-state index in [9.17, 15) is 14.4 Å². The third kappa shape index (κ3) is 4.65. The van der Waals surface area contributed by atoms with Gasteiger partial charge in [0, 0.05) is 12.5 Å². The van der Waals surface area contributed by atoms with E-state index in [-0.39, 0.29) is 41.0 Å². The molecule has 0 aliphatic heterocycles. The summed E-state index contributed by atoms with van der Waals surface area (Å²) in [7, 11) is 1.50. The van der Waals surface area contributed by atoms with Gasteiger partial charge in [0.05, 0.1) is 24.3 Å². The maximum absolute atomic E-state index is 12.3. The van der Waals surface area contributed by atoms with Gasteiger partial charge in [0.2, 0.25) is 0 Å². The fourth-order valence-corrected chi connectivity index (χ4v) is 3.64. The van der Waals surface area contributed by atoms with Crippen molar-refractivity contribution >= 4 is 45.5 Å². The van der Waals surface area contributed by atoms with Crippen molar-refractivity contribution in [1.29, 1.82) is 0 Å². The highest BCUT2D eigenvalue weighted by molar-refractivity contribution is 7.18. The van der Waals surface area contributed by atoms with Crippen molar-refractivity contribution in [3.05, 3.63) is 32.6 Å². The van der Waals surface area contributed by atoms with Crippen LogP contribution < -0.4 is 5.32 Å². The summed E-state index contributed by atoms with van der Waals surface area (Å²) in [6.07, 6.45) is 0. The van der Waals surface area contributed by atoms with Gasteiger partial charge in [-0.05, 0) is 19.4 Å². The number of anilines is 1. The van der Waals surface area contributed by atoms with E-state index in [0.717, 1.165) is 11.3 Å². The number of aromatic nitrogens is 1.